The van der Waals surface area contributed by atoms with E-state index in [2.05, 4.69) is 4.98 Å². The molecule has 0 aliphatic rings. The van der Waals surface area contributed by atoms with Crippen LogP contribution in [0.3, 0.4) is 0 Å². The monoisotopic (exact) mass is 211 g/mol. The van der Waals surface area contributed by atoms with E-state index in [0.717, 1.165) is 5.56 Å². The Morgan fingerprint density at radius 2 is 2.43 bits per heavy atom. The summed E-state index contributed by atoms with van der Waals surface area (Å²) in [6.07, 6.45) is 6.10. The van der Waals surface area contributed by atoms with Gasteiger partial charge in [-0.25, -0.2) is 4.79 Å². The van der Waals surface area contributed by atoms with E-state index in [4.69, 9.17) is 16.3 Å². The summed E-state index contributed by atoms with van der Waals surface area (Å²) in [4.78, 5) is 14.8. The van der Waals surface area contributed by atoms with Crippen molar-refractivity contribution in [1.29, 1.82) is 0 Å². The van der Waals surface area contributed by atoms with Crippen molar-refractivity contribution in [2.75, 3.05) is 6.61 Å². The van der Waals surface area contributed by atoms with Crippen molar-refractivity contribution < 1.29 is 9.53 Å². The molecule has 0 saturated carbocycles. The van der Waals surface area contributed by atoms with E-state index < -0.39 is 0 Å². The van der Waals surface area contributed by atoms with Gasteiger partial charge in [0.25, 0.3) is 0 Å². The van der Waals surface area contributed by atoms with Gasteiger partial charge in [-0.1, -0.05) is 11.6 Å². The lowest BCUT2D eigenvalue weighted by Gasteiger charge is -1.95. The minimum atomic E-state index is -0.368. The van der Waals surface area contributed by atoms with Gasteiger partial charge in [0.2, 0.25) is 0 Å². The third-order valence-corrected chi connectivity index (χ3v) is 1.63. The fourth-order valence-electron chi connectivity index (χ4n) is 0.874. The molecular weight excluding hydrogens is 202 g/mol. The second-order valence-electron chi connectivity index (χ2n) is 2.52. The zero-order valence-corrected chi connectivity index (χ0v) is 8.49. The summed E-state index contributed by atoms with van der Waals surface area (Å²) in [7, 11) is 0. The average molecular weight is 212 g/mol. The van der Waals surface area contributed by atoms with Crippen LogP contribution in [0.5, 0.6) is 0 Å². The molecule has 0 radical (unpaired) electrons. The van der Waals surface area contributed by atoms with Gasteiger partial charge in [-0.3, -0.25) is 4.98 Å². The first-order chi connectivity index (χ1) is 6.72. The Labute approximate surface area is 87.4 Å². The number of nitrogens with zero attached hydrogens (tertiary/aromatic N) is 1. The molecule has 0 aliphatic heterocycles. The number of aromatic nitrogens is 1. The van der Waals surface area contributed by atoms with Crippen LogP contribution in [0, 0.1) is 0 Å². The Balaban J connectivity index is 2.64. The highest BCUT2D eigenvalue weighted by atomic mass is 35.5. The molecule has 74 valence electrons. The normalized spacial score (nSPS) is 10.4. The Morgan fingerprint density at radius 3 is 3.07 bits per heavy atom. The molecule has 1 rings (SSSR count). The summed E-state index contributed by atoms with van der Waals surface area (Å²) in [6.45, 7) is 2.13. The van der Waals surface area contributed by atoms with E-state index in [0.29, 0.717) is 11.6 Å². The zero-order valence-electron chi connectivity index (χ0n) is 7.74. The van der Waals surface area contributed by atoms with Gasteiger partial charge in [-0.15, -0.1) is 0 Å². The first-order valence-electron chi connectivity index (χ1n) is 4.17. The predicted octanol–water partition coefficient (Wildman–Crippen LogP) is 2.31. The topological polar surface area (TPSA) is 39.2 Å². The Bertz CT molecular complexity index is 350. The smallest absolute Gasteiger partial charge is 0.330 e. The largest absolute Gasteiger partial charge is 0.463 e. The lowest BCUT2D eigenvalue weighted by atomic mass is 10.2. The fourth-order valence-corrected chi connectivity index (χ4v) is 1.06. The molecule has 3 nitrogen and oxygen atoms in total. The molecule has 0 amide bonds. The van der Waals surface area contributed by atoms with Crippen molar-refractivity contribution in [3.8, 4) is 0 Å². The summed E-state index contributed by atoms with van der Waals surface area (Å²) in [5, 5.41) is 0.538. The second-order valence-corrected chi connectivity index (χ2v) is 2.96. The van der Waals surface area contributed by atoms with E-state index >= 15 is 0 Å². The Morgan fingerprint density at radius 1 is 1.64 bits per heavy atom. The van der Waals surface area contributed by atoms with Gasteiger partial charge in [0.05, 0.1) is 11.6 Å². The molecule has 1 heterocycles. The van der Waals surface area contributed by atoms with Crippen molar-refractivity contribution in [2.24, 2.45) is 0 Å². The van der Waals surface area contributed by atoms with E-state index in [1.807, 2.05) is 0 Å². The maximum absolute atomic E-state index is 10.9. The van der Waals surface area contributed by atoms with Crippen molar-refractivity contribution in [3.05, 3.63) is 35.1 Å². The first-order valence-corrected chi connectivity index (χ1v) is 4.55. The minimum Gasteiger partial charge on any atom is -0.463 e. The molecule has 0 spiro atoms. The Kier molecular flexibility index (Phi) is 4.13. The van der Waals surface area contributed by atoms with Crippen LogP contribution in [0.25, 0.3) is 6.08 Å². The average Bonchev–Trinajstić information content (AvgIpc) is 2.15. The highest BCUT2D eigenvalue weighted by Crippen LogP contribution is 2.09. The molecule has 0 aromatic carbocycles. The number of hydrogen-bond acceptors (Lipinski definition) is 3. The van der Waals surface area contributed by atoms with Crippen LogP contribution in [0.15, 0.2) is 24.5 Å². The quantitative estimate of drug-likeness (QED) is 0.569. The van der Waals surface area contributed by atoms with Gasteiger partial charge in [0.15, 0.2) is 0 Å². The van der Waals surface area contributed by atoms with Crippen LogP contribution in [-0.2, 0) is 9.53 Å². The van der Waals surface area contributed by atoms with Crippen LogP contribution >= 0.6 is 11.6 Å². The number of pyridine rings is 1. The van der Waals surface area contributed by atoms with Crippen molar-refractivity contribution in [2.45, 2.75) is 6.92 Å². The summed E-state index contributed by atoms with van der Waals surface area (Å²) >= 11 is 5.71. The maximum atomic E-state index is 10.9. The zero-order chi connectivity index (χ0) is 10.4. The molecule has 0 atom stereocenters. The van der Waals surface area contributed by atoms with Crippen molar-refractivity contribution in [1.82, 2.24) is 4.98 Å². The number of ether oxygens (including phenoxy) is 1. The van der Waals surface area contributed by atoms with Crippen LogP contribution in [0.1, 0.15) is 12.5 Å². The molecule has 0 unspecified atom stereocenters. The summed E-state index contributed by atoms with van der Waals surface area (Å²) in [5.74, 6) is -0.368. The summed E-state index contributed by atoms with van der Waals surface area (Å²) in [6, 6.07) is 1.71. The number of hydrogen-bond donors (Lipinski definition) is 0. The molecule has 4 heteroatoms. The molecule has 1 aromatic heterocycles. The van der Waals surface area contributed by atoms with Gasteiger partial charge in [0.1, 0.15) is 0 Å². The maximum Gasteiger partial charge on any atom is 0.330 e. The van der Waals surface area contributed by atoms with Gasteiger partial charge in [-0.05, 0) is 24.6 Å². The predicted molar refractivity (Wildman–Crippen MR) is 54.9 cm³/mol. The third-order valence-electron chi connectivity index (χ3n) is 1.42. The third kappa shape index (κ3) is 3.58. The van der Waals surface area contributed by atoms with Crippen LogP contribution < -0.4 is 0 Å². The molecule has 0 fully saturated rings. The lowest BCUT2D eigenvalue weighted by molar-refractivity contribution is -0.137. The van der Waals surface area contributed by atoms with E-state index in [-0.39, 0.29) is 5.97 Å². The first kappa shape index (κ1) is 10.7. The molecule has 0 N–H and O–H groups in total. The summed E-state index contributed by atoms with van der Waals surface area (Å²) < 4.78 is 4.71. The van der Waals surface area contributed by atoms with Crippen LogP contribution in [0.4, 0.5) is 0 Å². The fraction of sp³-hybridized carbons (Fsp3) is 0.200. The van der Waals surface area contributed by atoms with Crippen molar-refractivity contribution in [3.63, 3.8) is 0 Å². The van der Waals surface area contributed by atoms with Crippen LogP contribution in [-0.4, -0.2) is 17.6 Å². The lowest BCUT2D eigenvalue weighted by Crippen LogP contribution is -1.98. The highest BCUT2D eigenvalue weighted by Gasteiger charge is 1.94. The van der Waals surface area contributed by atoms with E-state index in [1.165, 1.54) is 12.3 Å². The van der Waals surface area contributed by atoms with Gasteiger partial charge < -0.3 is 4.74 Å². The molecule has 1 aromatic rings. The van der Waals surface area contributed by atoms with Gasteiger partial charge in [0, 0.05) is 18.5 Å². The number of halogens is 1. The van der Waals surface area contributed by atoms with E-state index in [1.54, 1.807) is 25.3 Å². The number of esters is 1. The van der Waals surface area contributed by atoms with Gasteiger partial charge >= 0.3 is 5.97 Å². The molecular formula is C10H10ClNO2. The van der Waals surface area contributed by atoms with E-state index in [9.17, 15) is 4.79 Å². The minimum absolute atomic E-state index is 0.368. The SMILES string of the molecule is CCOC(=O)/C=C/c1cncc(Cl)c1. The molecule has 14 heavy (non-hydrogen) atoms. The van der Waals surface area contributed by atoms with Crippen molar-refractivity contribution >= 4 is 23.6 Å². The number of carbonyl (C=O) groups is 1. The molecule has 0 bridgehead atoms. The van der Waals surface area contributed by atoms with Crippen LogP contribution in [0.2, 0.25) is 5.02 Å². The number of carbonyl (C=O) groups excluding carboxylic acids is 1. The molecule has 0 saturated heterocycles. The Hall–Kier alpha value is -1.35. The second kappa shape index (κ2) is 5.40. The highest BCUT2D eigenvalue weighted by molar-refractivity contribution is 6.30. The standard InChI is InChI=1S/C10H10ClNO2/c1-2-14-10(13)4-3-8-5-9(11)7-12-6-8/h3-7H,2H2,1H3/b4-3+. The van der Waals surface area contributed by atoms with Gasteiger partial charge in [-0.2, -0.15) is 0 Å². The number of rotatable bonds is 3. The summed E-state index contributed by atoms with van der Waals surface area (Å²) in [5.41, 5.74) is 0.769. The molecule has 0 aliphatic carbocycles.